The van der Waals surface area contributed by atoms with Crippen LogP contribution < -0.4 is 5.73 Å². The minimum Gasteiger partial charge on any atom is -0.335 e. The zero-order valence-electron chi connectivity index (χ0n) is 11.8. The van der Waals surface area contributed by atoms with Crippen LogP contribution in [-0.2, 0) is 11.3 Å². The lowest BCUT2D eigenvalue weighted by Crippen LogP contribution is -2.44. The van der Waals surface area contributed by atoms with Gasteiger partial charge in [-0.05, 0) is 38.3 Å². The molecule has 0 aliphatic carbocycles. The fourth-order valence-corrected chi connectivity index (χ4v) is 2.62. The highest BCUT2D eigenvalue weighted by Crippen LogP contribution is 2.26. The number of thiophene rings is 1. The van der Waals surface area contributed by atoms with Gasteiger partial charge in [0.25, 0.3) is 0 Å². The molecule has 18 heavy (non-hydrogen) atoms. The van der Waals surface area contributed by atoms with Crippen molar-refractivity contribution in [3.05, 3.63) is 22.4 Å². The molecule has 0 fully saturated rings. The van der Waals surface area contributed by atoms with E-state index < -0.39 is 0 Å². The fourth-order valence-electron chi connectivity index (χ4n) is 1.92. The maximum atomic E-state index is 12.6. The third-order valence-corrected chi connectivity index (χ3v) is 4.00. The first kappa shape index (κ1) is 15.2. The third-order valence-electron chi connectivity index (χ3n) is 3.14. The lowest BCUT2D eigenvalue weighted by atomic mass is 9.87. The van der Waals surface area contributed by atoms with Crippen LogP contribution in [0, 0.1) is 5.41 Å². The monoisotopic (exact) mass is 268 g/mol. The van der Waals surface area contributed by atoms with Crippen LogP contribution in [0.2, 0.25) is 0 Å². The van der Waals surface area contributed by atoms with Crippen molar-refractivity contribution in [2.24, 2.45) is 11.1 Å². The highest BCUT2D eigenvalue weighted by molar-refractivity contribution is 7.09. The Labute approximate surface area is 114 Å². The number of hydrogen-bond donors (Lipinski definition) is 1. The molecule has 1 rings (SSSR count). The second-order valence-electron chi connectivity index (χ2n) is 5.53. The van der Waals surface area contributed by atoms with E-state index in [2.05, 4.69) is 19.9 Å². The number of amides is 1. The molecule has 0 saturated heterocycles. The first-order valence-electron chi connectivity index (χ1n) is 6.42. The van der Waals surface area contributed by atoms with Crippen LogP contribution in [0.25, 0.3) is 0 Å². The van der Waals surface area contributed by atoms with E-state index in [1.807, 2.05) is 30.2 Å². The predicted molar refractivity (Wildman–Crippen MR) is 77.5 cm³/mol. The summed E-state index contributed by atoms with van der Waals surface area (Å²) in [5.74, 6) is 0.191. The molecule has 1 aromatic heterocycles. The van der Waals surface area contributed by atoms with E-state index in [1.165, 1.54) is 4.88 Å². The van der Waals surface area contributed by atoms with E-state index in [9.17, 15) is 4.79 Å². The summed E-state index contributed by atoms with van der Waals surface area (Å²) >= 11 is 1.69. The Kier molecular flexibility index (Phi) is 5.35. The van der Waals surface area contributed by atoms with Crippen molar-refractivity contribution in [3.63, 3.8) is 0 Å². The Morgan fingerprint density at radius 2 is 2.17 bits per heavy atom. The van der Waals surface area contributed by atoms with E-state index in [0.29, 0.717) is 13.1 Å². The van der Waals surface area contributed by atoms with Gasteiger partial charge in [0.15, 0.2) is 0 Å². The zero-order chi connectivity index (χ0) is 13.8. The maximum absolute atomic E-state index is 12.6. The Balaban J connectivity index is 2.82. The zero-order valence-corrected chi connectivity index (χ0v) is 12.6. The summed E-state index contributed by atoms with van der Waals surface area (Å²) in [5.41, 5.74) is 5.22. The van der Waals surface area contributed by atoms with Crippen LogP contribution in [0.3, 0.4) is 0 Å². The first-order chi connectivity index (χ1) is 8.38. The fraction of sp³-hybridized carbons (Fsp3) is 0.643. The molecule has 0 aromatic carbocycles. The number of nitrogens with zero attached hydrogens (tertiary/aromatic N) is 1. The summed E-state index contributed by atoms with van der Waals surface area (Å²) in [6.07, 6.45) is 0.722. The number of carbonyl (C=O) groups excluding carboxylic acids is 1. The molecule has 0 saturated carbocycles. The lowest BCUT2D eigenvalue weighted by Gasteiger charge is -2.34. The first-order valence-corrected chi connectivity index (χ1v) is 7.30. The van der Waals surface area contributed by atoms with Crippen molar-refractivity contribution >= 4 is 17.2 Å². The maximum Gasteiger partial charge on any atom is 0.228 e. The lowest BCUT2D eigenvalue weighted by molar-refractivity contribution is -0.143. The van der Waals surface area contributed by atoms with Gasteiger partial charge in [-0.1, -0.05) is 19.9 Å². The van der Waals surface area contributed by atoms with Crippen molar-refractivity contribution in [2.75, 3.05) is 6.54 Å². The second-order valence-corrected chi connectivity index (χ2v) is 6.56. The average molecular weight is 268 g/mol. The van der Waals surface area contributed by atoms with Gasteiger partial charge in [0.1, 0.15) is 0 Å². The number of nitrogens with two attached hydrogens (primary N) is 1. The van der Waals surface area contributed by atoms with Crippen molar-refractivity contribution in [1.29, 1.82) is 0 Å². The van der Waals surface area contributed by atoms with Crippen LogP contribution in [0.4, 0.5) is 0 Å². The van der Waals surface area contributed by atoms with Crippen molar-refractivity contribution in [2.45, 2.75) is 46.7 Å². The van der Waals surface area contributed by atoms with Crippen LogP contribution in [0.5, 0.6) is 0 Å². The number of rotatable bonds is 6. The predicted octanol–water partition coefficient (Wildman–Crippen LogP) is 2.86. The molecule has 2 N–H and O–H groups in total. The van der Waals surface area contributed by atoms with Gasteiger partial charge in [-0.2, -0.15) is 0 Å². The summed E-state index contributed by atoms with van der Waals surface area (Å²) < 4.78 is 0. The topological polar surface area (TPSA) is 46.3 Å². The summed E-state index contributed by atoms with van der Waals surface area (Å²) in [5, 5.41) is 2.04. The molecule has 4 heteroatoms. The second kappa shape index (κ2) is 6.34. The van der Waals surface area contributed by atoms with E-state index in [0.717, 1.165) is 6.42 Å². The van der Waals surface area contributed by atoms with Crippen molar-refractivity contribution < 1.29 is 4.79 Å². The molecule has 0 aliphatic rings. The molecule has 1 heterocycles. The normalized spacial score (nSPS) is 11.9. The quantitative estimate of drug-likeness (QED) is 0.862. The standard InChI is InChI=1S/C14H24N2OS/c1-11(2)16(10-12-6-5-9-18-12)13(17)14(3,4)7-8-15/h5-6,9,11H,7-8,10,15H2,1-4H3. The molecule has 0 bridgehead atoms. The van der Waals surface area contributed by atoms with Crippen LogP contribution in [-0.4, -0.2) is 23.4 Å². The van der Waals surface area contributed by atoms with E-state index in [-0.39, 0.29) is 17.4 Å². The number of carbonyl (C=O) groups is 1. The van der Waals surface area contributed by atoms with Gasteiger partial charge in [-0.25, -0.2) is 0 Å². The molecule has 1 amide bonds. The largest absolute Gasteiger partial charge is 0.335 e. The summed E-state index contributed by atoms with van der Waals surface area (Å²) in [4.78, 5) is 15.8. The van der Waals surface area contributed by atoms with Gasteiger partial charge in [0.2, 0.25) is 5.91 Å². The van der Waals surface area contributed by atoms with Gasteiger partial charge in [0.05, 0.1) is 6.54 Å². The Bertz CT molecular complexity index is 371. The molecule has 1 aromatic rings. The summed E-state index contributed by atoms with van der Waals surface area (Å²) in [6, 6.07) is 4.30. The molecular weight excluding hydrogens is 244 g/mol. The Morgan fingerprint density at radius 3 is 2.61 bits per heavy atom. The van der Waals surface area contributed by atoms with Gasteiger partial charge in [-0.3, -0.25) is 4.79 Å². The average Bonchev–Trinajstić information content (AvgIpc) is 2.77. The van der Waals surface area contributed by atoms with Crippen LogP contribution in [0.1, 0.15) is 39.0 Å². The smallest absolute Gasteiger partial charge is 0.228 e. The van der Waals surface area contributed by atoms with Gasteiger partial charge in [-0.15, -0.1) is 11.3 Å². The number of hydrogen-bond acceptors (Lipinski definition) is 3. The van der Waals surface area contributed by atoms with E-state index >= 15 is 0 Å². The minimum atomic E-state index is -0.379. The van der Waals surface area contributed by atoms with Crippen LogP contribution >= 0.6 is 11.3 Å². The Morgan fingerprint density at radius 1 is 1.50 bits per heavy atom. The highest BCUT2D eigenvalue weighted by Gasteiger charge is 2.32. The molecular formula is C14H24N2OS. The molecule has 102 valence electrons. The highest BCUT2D eigenvalue weighted by atomic mass is 32.1. The van der Waals surface area contributed by atoms with Crippen molar-refractivity contribution in [1.82, 2.24) is 4.90 Å². The minimum absolute atomic E-state index is 0.191. The van der Waals surface area contributed by atoms with Gasteiger partial charge >= 0.3 is 0 Å². The van der Waals surface area contributed by atoms with E-state index in [1.54, 1.807) is 11.3 Å². The van der Waals surface area contributed by atoms with Crippen molar-refractivity contribution in [3.8, 4) is 0 Å². The molecule has 0 atom stereocenters. The summed E-state index contributed by atoms with van der Waals surface area (Å²) in [6.45, 7) is 9.32. The molecule has 0 spiro atoms. The van der Waals surface area contributed by atoms with Gasteiger partial charge < -0.3 is 10.6 Å². The van der Waals surface area contributed by atoms with Gasteiger partial charge in [0, 0.05) is 16.3 Å². The molecule has 0 radical (unpaired) electrons. The van der Waals surface area contributed by atoms with Crippen LogP contribution in [0.15, 0.2) is 17.5 Å². The molecule has 0 aliphatic heterocycles. The Hall–Kier alpha value is -0.870. The molecule has 3 nitrogen and oxygen atoms in total. The third kappa shape index (κ3) is 3.82. The SMILES string of the molecule is CC(C)N(Cc1cccs1)C(=O)C(C)(C)CCN. The van der Waals surface area contributed by atoms with E-state index in [4.69, 9.17) is 5.73 Å². The molecule has 0 unspecified atom stereocenters. The summed E-state index contributed by atoms with van der Waals surface area (Å²) in [7, 11) is 0.